The van der Waals surface area contributed by atoms with Crippen LogP contribution in [-0.4, -0.2) is 13.7 Å². The Morgan fingerprint density at radius 3 is 2.93 bits per heavy atom. The Morgan fingerprint density at radius 2 is 2.29 bits per heavy atom. The van der Waals surface area contributed by atoms with Gasteiger partial charge in [-0.1, -0.05) is 0 Å². The lowest BCUT2D eigenvalue weighted by molar-refractivity contribution is 0.411. The van der Waals surface area contributed by atoms with Crippen molar-refractivity contribution in [2.45, 2.75) is 6.42 Å². The quantitative estimate of drug-likeness (QED) is 0.747. The van der Waals surface area contributed by atoms with Crippen LogP contribution in [0.4, 0.5) is 10.1 Å². The molecule has 1 aromatic carbocycles. The van der Waals surface area contributed by atoms with Gasteiger partial charge in [0.05, 0.1) is 19.6 Å². The predicted octanol–water partition coefficient (Wildman–Crippen LogP) is 2.16. The van der Waals surface area contributed by atoms with Gasteiger partial charge >= 0.3 is 0 Å². The number of ether oxygens (including phenoxy) is 1. The fourth-order valence-corrected chi connectivity index (χ4v) is 1.05. The standard InChI is InChI=1S/C10H11FN2O/c1-14-10-6-8(11)5-9(7-10)13-4-2-3-12/h5-7,13H,2,4H2,1H3. The van der Waals surface area contributed by atoms with Gasteiger partial charge in [-0.2, -0.15) is 5.26 Å². The highest BCUT2D eigenvalue weighted by molar-refractivity contribution is 5.48. The van der Waals surface area contributed by atoms with Crippen molar-refractivity contribution in [2.75, 3.05) is 19.0 Å². The van der Waals surface area contributed by atoms with Crippen LogP contribution in [-0.2, 0) is 0 Å². The van der Waals surface area contributed by atoms with Crippen molar-refractivity contribution >= 4 is 5.69 Å². The number of anilines is 1. The van der Waals surface area contributed by atoms with Crippen LogP contribution in [0.25, 0.3) is 0 Å². The fraction of sp³-hybridized carbons (Fsp3) is 0.300. The van der Waals surface area contributed by atoms with Crippen LogP contribution in [0.15, 0.2) is 18.2 Å². The van der Waals surface area contributed by atoms with E-state index in [0.29, 0.717) is 24.4 Å². The summed E-state index contributed by atoms with van der Waals surface area (Å²) in [6.07, 6.45) is 0.388. The number of halogens is 1. The first kappa shape index (κ1) is 10.3. The van der Waals surface area contributed by atoms with Crippen LogP contribution in [0, 0.1) is 17.1 Å². The largest absolute Gasteiger partial charge is 0.497 e. The molecule has 0 atom stereocenters. The van der Waals surface area contributed by atoms with Gasteiger partial charge in [-0.25, -0.2) is 4.39 Å². The minimum absolute atomic E-state index is 0.358. The molecule has 14 heavy (non-hydrogen) atoms. The second kappa shape index (κ2) is 5.07. The molecule has 0 amide bonds. The minimum Gasteiger partial charge on any atom is -0.497 e. The lowest BCUT2D eigenvalue weighted by atomic mass is 10.3. The van der Waals surface area contributed by atoms with E-state index in [2.05, 4.69) is 5.32 Å². The summed E-state index contributed by atoms with van der Waals surface area (Å²) in [5.41, 5.74) is 0.622. The number of nitriles is 1. The summed E-state index contributed by atoms with van der Waals surface area (Å²) >= 11 is 0. The zero-order valence-electron chi connectivity index (χ0n) is 7.88. The SMILES string of the molecule is COc1cc(F)cc(NCCC#N)c1. The van der Waals surface area contributed by atoms with E-state index >= 15 is 0 Å². The second-order valence-electron chi connectivity index (χ2n) is 2.71. The van der Waals surface area contributed by atoms with Crippen LogP contribution >= 0.6 is 0 Å². The molecule has 0 spiro atoms. The average molecular weight is 194 g/mol. The summed E-state index contributed by atoms with van der Waals surface area (Å²) in [5, 5.41) is 11.2. The van der Waals surface area contributed by atoms with E-state index in [0.717, 1.165) is 0 Å². The monoisotopic (exact) mass is 194 g/mol. The maximum atomic E-state index is 12.9. The van der Waals surface area contributed by atoms with Crippen molar-refractivity contribution in [3.8, 4) is 11.8 Å². The maximum Gasteiger partial charge on any atom is 0.128 e. The van der Waals surface area contributed by atoms with Crippen molar-refractivity contribution in [3.05, 3.63) is 24.0 Å². The van der Waals surface area contributed by atoms with Crippen LogP contribution in [0.3, 0.4) is 0 Å². The molecule has 0 aromatic heterocycles. The molecule has 0 saturated heterocycles. The summed E-state index contributed by atoms with van der Waals surface area (Å²) < 4.78 is 17.8. The van der Waals surface area contributed by atoms with E-state index in [1.165, 1.54) is 19.2 Å². The highest BCUT2D eigenvalue weighted by atomic mass is 19.1. The maximum absolute atomic E-state index is 12.9. The van der Waals surface area contributed by atoms with Crippen molar-refractivity contribution in [1.29, 1.82) is 5.26 Å². The van der Waals surface area contributed by atoms with Crippen LogP contribution in [0.5, 0.6) is 5.75 Å². The summed E-state index contributed by atoms with van der Waals surface area (Å²) in [5.74, 6) is 0.105. The Kier molecular flexibility index (Phi) is 3.74. The first-order chi connectivity index (χ1) is 6.76. The molecule has 0 aliphatic rings. The highest BCUT2D eigenvalue weighted by Crippen LogP contribution is 2.19. The zero-order chi connectivity index (χ0) is 10.4. The first-order valence-electron chi connectivity index (χ1n) is 4.21. The molecule has 0 unspecified atom stereocenters. The highest BCUT2D eigenvalue weighted by Gasteiger charge is 1.99. The van der Waals surface area contributed by atoms with E-state index in [1.54, 1.807) is 6.07 Å². The first-order valence-corrected chi connectivity index (χ1v) is 4.21. The summed E-state index contributed by atoms with van der Waals surface area (Å²) in [6, 6.07) is 6.34. The smallest absolute Gasteiger partial charge is 0.128 e. The van der Waals surface area contributed by atoms with Crippen molar-refractivity contribution in [1.82, 2.24) is 0 Å². The lowest BCUT2D eigenvalue weighted by Crippen LogP contribution is -2.00. The Morgan fingerprint density at radius 1 is 1.50 bits per heavy atom. The Labute approximate surface area is 82.1 Å². The minimum atomic E-state index is -0.358. The Bertz CT molecular complexity index is 346. The number of rotatable bonds is 4. The number of hydrogen-bond donors (Lipinski definition) is 1. The van der Waals surface area contributed by atoms with E-state index in [4.69, 9.17) is 10.00 Å². The summed E-state index contributed by atoms with van der Waals surface area (Å²) in [4.78, 5) is 0. The van der Waals surface area contributed by atoms with Crippen molar-refractivity contribution in [3.63, 3.8) is 0 Å². The van der Waals surface area contributed by atoms with Gasteiger partial charge in [0, 0.05) is 24.4 Å². The Balaban J connectivity index is 2.67. The molecule has 0 fully saturated rings. The molecule has 3 nitrogen and oxygen atoms in total. The van der Waals surface area contributed by atoms with Gasteiger partial charge in [0.1, 0.15) is 11.6 Å². The molecule has 0 heterocycles. The van der Waals surface area contributed by atoms with E-state index in [9.17, 15) is 4.39 Å². The third-order valence-electron chi connectivity index (χ3n) is 1.67. The molecule has 1 rings (SSSR count). The second-order valence-corrected chi connectivity index (χ2v) is 2.71. The number of hydrogen-bond acceptors (Lipinski definition) is 3. The van der Waals surface area contributed by atoms with E-state index < -0.39 is 0 Å². The molecule has 0 radical (unpaired) electrons. The molecule has 0 aliphatic heterocycles. The molecule has 74 valence electrons. The van der Waals surface area contributed by atoms with Crippen LogP contribution < -0.4 is 10.1 Å². The molecule has 0 aliphatic carbocycles. The summed E-state index contributed by atoms with van der Waals surface area (Å²) in [6.45, 7) is 0.503. The molecule has 0 saturated carbocycles. The van der Waals surface area contributed by atoms with Gasteiger partial charge in [0.15, 0.2) is 0 Å². The van der Waals surface area contributed by atoms with Crippen LogP contribution in [0.1, 0.15) is 6.42 Å². The summed E-state index contributed by atoms with van der Waals surface area (Å²) in [7, 11) is 1.48. The normalized spacial score (nSPS) is 9.21. The number of nitrogens with zero attached hydrogens (tertiary/aromatic N) is 1. The third kappa shape index (κ3) is 2.94. The topological polar surface area (TPSA) is 45.0 Å². The molecule has 1 N–H and O–H groups in total. The van der Waals surface area contributed by atoms with Crippen LogP contribution in [0.2, 0.25) is 0 Å². The molecule has 0 bridgehead atoms. The van der Waals surface area contributed by atoms with Gasteiger partial charge in [-0.05, 0) is 6.07 Å². The number of benzene rings is 1. The number of methoxy groups -OCH3 is 1. The number of nitrogens with one attached hydrogen (secondary N) is 1. The third-order valence-corrected chi connectivity index (χ3v) is 1.67. The van der Waals surface area contributed by atoms with Gasteiger partial charge < -0.3 is 10.1 Å². The van der Waals surface area contributed by atoms with Crippen molar-refractivity contribution < 1.29 is 9.13 Å². The van der Waals surface area contributed by atoms with Crippen molar-refractivity contribution in [2.24, 2.45) is 0 Å². The van der Waals surface area contributed by atoms with E-state index in [-0.39, 0.29) is 5.82 Å². The van der Waals surface area contributed by atoms with E-state index in [1.807, 2.05) is 6.07 Å². The molecule has 4 heteroatoms. The molecular formula is C10H11FN2O. The Hall–Kier alpha value is -1.76. The zero-order valence-corrected chi connectivity index (χ0v) is 7.88. The average Bonchev–Trinajstić information content (AvgIpc) is 2.17. The van der Waals surface area contributed by atoms with Gasteiger partial charge in [-0.3, -0.25) is 0 Å². The molecular weight excluding hydrogens is 183 g/mol. The van der Waals surface area contributed by atoms with Gasteiger partial charge in [0.25, 0.3) is 0 Å². The lowest BCUT2D eigenvalue weighted by Gasteiger charge is -2.06. The fourth-order valence-electron chi connectivity index (χ4n) is 1.05. The van der Waals surface area contributed by atoms with Gasteiger partial charge in [-0.15, -0.1) is 0 Å². The van der Waals surface area contributed by atoms with Gasteiger partial charge in [0.2, 0.25) is 0 Å². The predicted molar refractivity (Wildman–Crippen MR) is 51.7 cm³/mol. The molecule has 1 aromatic rings.